The summed E-state index contributed by atoms with van der Waals surface area (Å²) >= 11 is 6.07. The number of hydrogen-bond donors (Lipinski definition) is 0. The zero-order chi connectivity index (χ0) is 17.8. The Morgan fingerprint density at radius 1 is 1.16 bits per heavy atom. The Hall–Kier alpha value is -2.31. The van der Waals surface area contributed by atoms with Gasteiger partial charge in [-0.1, -0.05) is 17.7 Å². The minimum Gasteiger partial charge on any atom is -0.496 e. The van der Waals surface area contributed by atoms with Crippen molar-refractivity contribution >= 4 is 23.0 Å². The highest BCUT2D eigenvalue weighted by atomic mass is 35.5. The number of benzene rings is 2. The second kappa shape index (κ2) is 7.72. The van der Waals surface area contributed by atoms with Crippen LogP contribution in [0, 0.1) is 10.1 Å². The summed E-state index contributed by atoms with van der Waals surface area (Å²) in [5, 5.41) is 11.7. The molecular weight excluding hydrogens is 342 g/mol. The summed E-state index contributed by atoms with van der Waals surface area (Å²) < 4.78 is 5.35. The molecule has 0 amide bonds. The molecule has 0 saturated carbocycles. The summed E-state index contributed by atoms with van der Waals surface area (Å²) in [4.78, 5) is 15.2. The largest absolute Gasteiger partial charge is 0.496 e. The molecule has 0 radical (unpaired) electrons. The third kappa shape index (κ3) is 4.21. The van der Waals surface area contributed by atoms with Gasteiger partial charge in [-0.25, -0.2) is 0 Å². The van der Waals surface area contributed by atoms with Gasteiger partial charge in [0.25, 0.3) is 5.69 Å². The number of methoxy groups -OCH3 is 1. The second-order valence-electron chi connectivity index (χ2n) is 6.00. The Labute approximate surface area is 151 Å². The minimum absolute atomic E-state index is 0.0911. The van der Waals surface area contributed by atoms with E-state index in [1.165, 1.54) is 6.07 Å². The van der Waals surface area contributed by atoms with E-state index in [-0.39, 0.29) is 10.6 Å². The molecule has 2 aromatic rings. The molecule has 1 aliphatic rings. The first-order valence-electron chi connectivity index (χ1n) is 8.11. The summed E-state index contributed by atoms with van der Waals surface area (Å²) in [6.45, 7) is 4.15. The second-order valence-corrected chi connectivity index (χ2v) is 6.43. The predicted octanol–water partition coefficient (Wildman–Crippen LogP) is 3.58. The number of nitro benzene ring substituents is 1. The van der Waals surface area contributed by atoms with Gasteiger partial charge in [0.1, 0.15) is 5.75 Å². The smallest absolute Gasteiger partial charge is 0.270 e. The van der Waals surface area contributed by atoms with Crippen LogP contribution in [-0.2, 0) is 6.54 Å². The van der Waals surface area contributed by atoms with Crippen LogP contribution in [0.1, 0.15) is 5.56 Å². The van der Waals surface area contributed by atoms with Gasteiger partial charge in [0.2, 0.25) is 0 Å². The molecule has 2 aromatic carbocycles. The van der Waals surface area contributed by atoms with E-state index in [0.717, 1.165) is 42.5 Å². The summed E-state index contributed by atoms with van der Waals surface area (Å²) in [5.74, 6) is 0.683. The van der Waals surface area contributed by atoms with Gasteiger partial charge < -0.3 is 9.64 Å². The molecule has 0 aliphatic carbocycles. The SMILES string of the molecule is COc1ccc([N+](=O)[O-])cc1CN1CCN(c2cccc(Cl)c2)CC1. The highest BCUT2D eigenvalue weighted by Crippen LogP contribution is 2.26. The molecular formula is C18H20ClN3O3. The van der Waals surface area contributed by atoms with Crippen molar-refractivity contribution in [2.45, 2.75) is 6.54 Å². The first-order valence-corrected chi connectivity index (χ1v) is 8.49. The molecule has 25 heavy (non-hydrogen) atoms. The van der Waals surface area contributed by atoms with Crippen LogP contribution in [-0.4, -0.2) is 43.1 Å². The van der Waals surface area contributed by atoms with Crippen molar-refractivity contribution in [3.63, 3.8) is 0 Å². The van der Waals surface area contributed by atoms with Crippen LogP contribution in [0.5, 0.6) is 5.75 Å². The minimum atomic E-state index is -0.375. The molecule has 6 nitrogen and oxygen atoms in total. The molecule has 1 saturated heterocycles. The molecule has 0 N–H and O–H groups in total. The predicted molar refractivity (Wildman–Crippen MR) is 98.6 cm³/mol. The number of nitro groups is 1. The third-order valence-corrected chi connectivity index (χ3v) is 4.65. The fraction of sp³-hybridized carbons (Fsp3) is 0.333. The van der Waals surface area contributed by atoms with E-state index in [9.17, 15) is 10.1 Å². The lowest BCUT2D eigenvalue weighted by Gasteiger charge is -2.36. The molecule has 0 bridgehead atoms. The summed E-state index contributed by atoms with van der Waals surface area (Å²) in [7, 11) is 1.59. The fourth-order valence-corrected chi connectivity index (χ4v) is 3.26. The zero-order valence-corrected chi connectivity index (χ0v) is 14.8. The number of nitrogens with zero attached hydrogens (tertiary/aromatic N) is 3. The Bertz CT molecular complexity index is 761. The van der Waals surface area contributed by atoms with E-state index in [1.54, 1.807) is 19.2 Å². The fourth-order valence-electron chi connectivity index (χ4n) is 3.08. The van der Waals surface area contributed by atoms with Crippen LogP contribution in [0.2, 0.25) is 5.02 Å². The van der Waals surface area contributed by atoms with Crippen molar-refractivity contribution in [3.05, 3.63) is 63.2 Å². The molecule has 0 aromatic heterocycles. The number of ether oxygens (including phenoxy) is 1. The average molecular weight is 362 g/mol. The first kappa shape index (κ1) is 17.5. The number of hydrogen-bond acceptors (Lipinski definition) is 5. The zero-order valence-electron chi connectivity index (χ0n) is 14.0. The third-order valence-electron chi connectivity index (χ3n) is 4.41. The molecule has 0 spiro atoms. The molecule has 7 heteroatoms. The van der Waals surface area contributed by atoms with Crippen LogP contribution in [0.15, 0.2) is 42.5 Å². The van der Waals surface area contributed by atoms with Crippen molar-refractivity contribution in [2.24, 2.45) is 0 Å². The van der Waals surface area contributed by atoms with Crippen LogP contribution < -0.4 is 9.64 Å². The van der Waals surface area contributed by atoms with Gasteiger partial charge in [0.15, 0.2) is 0 Å². The standard InChI is InChI=1S/C18H20ClN3O3/c1-25-18-6-5-17(22(23)24)11-14(18)13-20-7-9-21(10-8-20)16-4-2-3-15(19)12-16/h2-6,11-12H,7-10,13H2,1H3. The van der Waals surface area contributed by atoms with Gasteiger partial charge in [0.05, 0.1) is 12.0 Å². The van der Waals surface area contributed by atoms with E-state index in [0.29, 0.717) is 12.3 Å². The summed E-state index contributed by atoms with van der Waals surface area (Å²) in [5.41, 5.74) is 2.06. The molecule has 0 atom stereocenters. The van der Waals surface area contributed by atoms with Gasteiger partial charge in [0, 0.05) is 61.1 Å². The number of anilines is 1. The average Bonchev–Trinajstić information content (AvgIpc) is 2.62. The number of halogens is 1. The van der Waals surface area contributed by atoms with Crippen LogP contribution in [0.3, 0.4) is 0 Å². The Kier molecular flexibility index (Phi) is 5.40. The van der Waals surface area contributed by atoms with Gasteiger partial charge in [-0.3, -0.25) is 15.0 Å². The topological polar surface area (TPSA) is 58.9 Å². The molecule has 132 valence electrons. The Morgan fingerprint density at radius 3 is 2.56 bits per heavy atom. The van der Waals surface area contributed by atoms with E-state index >= 15 is 0 Å². The quantitative estimate of drug-likeness (QED) is 0.601. The Morgan fingerprint density at radius 2 is 1.92 bits per heavy atom. The Balaban J connectivity index is 1.66. The number of non-ortho nitro benzene ring substituents is 1. The van der Waals surface area contributed by atoms with Crippen LogP contribution >= 0.6 is 11.6 Å². The van der Waals surface area contributed by atoms with Gasteiger partial charge in [-0.05, 0) is 24.3 Å². The summed E-state index contributed by atoms with van der Waals surface area (Å²) in [6.07, 6.45) is 0. The molecule has 0 unspecified atom stereocenters. The highest BCUT2D eigenvalue weighted by Gasteiger charge is 2.20. The maximum Gasteiger partial charge on any atom is 0.270 e. The van der Waals surface area contributed by atoms with E-state index in [4.69, 9.17) is 16.3 Å². The van der Waals surface area contributed by atoms with Gasteiger partial charge in [-0.15, -0.1) is 0 Å². The molecule has 1 heterocycles. The first-order chi connectivity index (χ1) is 12.1. The van der Waals surface area contributed by atoms with Gasteiger partial charge in [-0.2, -0.15) is 0 Å². The van der Waals surface area contributed by atoms with E-state index < -0.39 is 0 Å². The van der Waals surface area contributed by atoms with Crippen LogP contribution in [0.4, 0.5) is 11.4 Å². The van der Waals surface area contributed by atoms with Crippen molar-refractivity contribution in [2.75, 3.05) is 38.2 Å². The number of rotatable bonds is 5. The van der Waals surface area contributed by atoms with Crippen molar-refractivity contribution in [1.29, 1.82) is 0 Å². The molecule has 3 rings (SSSR count). The van der Waals surface area contributed by atoms with Gasteiger partial charge >= 0.3 is 0 Å². The highest BCUT2D eigenvalue weighted by molar-refractivity contribution is 6.30. The lowest BCUT2D eigenvalue weighted by molar-refractivity contribution is -0.385. The maximum atomic E-state index is 11.0. The summed E-state index contributed by atoms with van der Waals surface area (Å²) in [6, 6.07) is 12.6. The van der Waals surface area contributed by atoms with Crippen molar-refractivity contribution in [3.8, 4) is 5.75 Å². The number of piperazine rings is 1. The van der Waals surface area contributed by atoms with Crippen molar-refractivity contribution in [1.82, 2.24) is 4.90 Å². The van der Waals surface area contributed by atoms with E-state index in [2.05, 4.69) is 15.9 Å². The normalized spacial score (nSPS) is 15.2. The van der Waals surface area contributed by atoms with Crippen molar-refractivity contribution < 1.29 is 9.66 Å². The lowest BCUT2D eigenvalue weighted by atomic mass is 10.1. The monoisotopic (exact) mass is 361 g/mol. The molecule has 1 fully saturated rings. The maximum absolute atomic E-state index is 11.0. The molecule has 1 aliphatic heterocycles. The van der Waals surface area contributed by atoms with Crippen LogP contribution in [0.25, 0.3) is 0 Å². The lowest BCUT2D eigenvalue weighted by Crippen LogP contribution is -2.46. The van der Waals surface area contributed by atoms with E-state index in [1.807, 2.05) is 18.2 Å².